The fourth-order valence-electron chi connectivity index (χ4n) is 1.88. The maximum Gasteiger partial charge on any atom is 0.238 e. The van der Waals surface area contributed by atoms with Crippen LogP contribution in [0, 0.1) is 0 Å². The fraction of sp³-hybridized carbons (Fsp3) is 0.545. The van der Waals surface area contributed by atoms with Gasteiger partial charge in [-0.15, -0.1) is 22.9 Å². The van der Waals surface area contributed by atoms with Crippen LogP contribution in [-0.4, -0.2) is 35.9 Å². The zero-order valence-corrected chi connectivity index (χ0v) is 11.5. The molecule has 1 aliphatic rings. The summed E-state index contributed by atoms with van der Waals surface area (Å²) in [4.78, 5) is 13.6. The van der Waals surface area contributed by atoms with E-state index in [1.165, 1.54) is 11.3 Å². The Balaban J connectivity index is 2.10. The summed E-state index contributed by atoms with van der Waals surface area (Å²) in [6, 6.07) is 2.06. The first-order chi connectivity index (χ1) is 8.22. The average molecular weight is 294 g/mol. The smallest absolute Gasteiger partial charge is 0.238 e. The Morgan fingerprint density at radius 2 is 2.47 bits per heavy atom. The molecule has 6 heteroatoms. The van der Waals surface area contributed by atoms with Crippen molar-refractivity contribution in [3.63, 3.8) is 0 Å². The van der Waals surface area contributed by atoms with Crippen molar-refractivity contribution >= 4 is 40.4 Å². The Labute approximate surface area is 114 Å². The Morgan fingerprint density at radius 1 is 1.65 bits per heavy atom. The van der Waals surface area contributed by atoms with Crippen LogP contribution in [0.4, 0.5) is 0 Å². The standard InChI is InChI=1S/C11H13Cl2NO2S/c12-5-10(15)14(9-1-3-16-7-9)6-8-2-4-17-11(8)13/h2,4,9H,1,3,5-7H2/t9-/m0/s1. The summed E-state index contributed by atoms with van der Waals surface area (Å²) in [6.45, 7) is 1.81. The van der Waals surface area contributed by atoms with Crippen LogP contribution in [0.3, 0.4) is 0 Å². The third-order valence-corrected chi connectivity index (χ3v) is 4.29. The van der Waals surface area contributed by atoms with Gasteiger partial charge in [-0.2, -0.15) is 0 Å². The molecule has 2 rings (SSSR count). The second-order valence-electron chi connectivity index (χ2n) is 3.89. The first-order valence-electron chi connectivity index (χ1n) is 5.37. The summed E-state index contributed by atoms with van der Waals surface area (Å²) in [5.41, 5.74) is 0.974. The summed E-state index contributed by atoms with van der Waals surface area (Å²) >= 11 is 13.2. The van der Waals surface area contributed by atoms with E-state index in [2.05, 4.69) is 0 Å². The third-order valence-electron chi connectivity index (χ3n) is 2.81. The van der Waals surface area contributed by atoms with E-state index in [4.69, 9.17) is 27.9 Å². The molecule has 1 fully saturated rings. The van der Waals surface area contributed by atoms with Crippen molar-refractivity contribution in [2.24, 2.45) is 0 Å². The van der Waals surface area contributed by atoms with Gasteiger partial charge in [-0.25, -0.2) is 0 Å². The van der Waals surface area contributed by atoms with Crippen molar-refractivity contribution < 1.29 is 9.53 Å². The molecule has 1 aromatic rings. The van der Waals surface area contributed by atoms with Gasteiger partial charge in [0.1, 0.15) is 5.88 Å². The number of rotatable bonds is 4. The summed E-state index contributed by atoms with van der Waals surface area (Å²) in [7, 11) is 0. The first-order valence-corrected chi connectivity index (χ1v) is 7.16. The lowest BCUT2D eigenvalue weighted by Gasteiger charge is -2.27. The number of carbonyl (C=O) groups excluding carboxylic acids is 1. The predicted molar refractivity (Wildman–Crippen MR) is 69.8 cm³/mol. The van der Waals surface area contributed by atoms with Crippen LogP contribution in [0.1, 0.15) is 12.0 Å². The van der Waals surface area contributed by atoms with Gasteiger partial charge in [0, 0.05) is 18.7 Å². The summed E-state index contributed by atoms with van der Waals surface area (Å²) in [5, 5.41) is 1.92. The Kier molecular flexibility index (Phi) is 4.68. The van der Waals surface area contributed by atoms with Gasteiger partial charge in [0.25, 0.3) is 0 Å². The molecule has 1 atom stereocenters. The van der Waals surface area contributed by atoms with Crippen LogP contribution in [0.25, 0.3) is 0 Å². The number of hydrogen-bond donors (Lipinski definition) is 0. The molecule has 1 saturated heterocycles. The van der Waals surface area contributed by atoms with Gasteiger partial charge < -0.3 is 9.64 Å². The van der Waals surface area contributed by atoms with Crippen LogP contribution in [-0.2, 0) is 16.1 Å². The van der Waals surface area contributed by atoms with Crippen molar-refractivity contribution in [1.29, 1.82) is 0 Å². The number of hydrogen-bond acceptors (Lipinski definition) is 3. The molecule has 0 bridgehead atoms. The van der Waals surface area contributed by atoms with E-state index in [0.717, 1.165) is 16.3 Å². The van der Waals surface area contributed by atoms with Crippen molar-refractivity contribution in [2.45, 2.75) is 19.0 Å². The van der Waals surface area contributed by atoms with Gasteiger partial charge in [0.15, 0.2) is 0 Å². The van der Waals surface area contributed by atoms with Gasteiger partial charge in [-0.3, -0.25) is 4.79 Å². The Bertz CT molecular complexity index is 391. The molecule has 0 spiro atoms. The molecule has 17 heavy (non-hydrogen) atoms. The summed E-state index contributed by atoms with van der Waals surface area (Å²) in [5.74, 6) is -0.0671. The van der Waals surface area contributed by atoms with E-state index >= 15 is 0 Å². The number of nitrogens with zero attached hydrogens (tertiary/aromatic N) is 1. The monoisotopic (exact) mass is 293 g/mol. The molecule has 0 aliphatic carbocycles. The maximum absolute atomic E-state index is 11.8. The predicted octanol–water partition coefficient (Wildman–Crippen LogP) is 2.76. The molecule has 0 unspecified atom stereocenters. The van der Waals surface area contributed by atoms with Crippen molar-refractivity contribution in [3.05, 3.63) is 21.3 Å². The highest BCUT2D eigenvalue weighted by molar-refractivity contribution is 7.14. The number of ether oxygens (including phenoxy) is 1. The number of halogens is 2. The quantitative estimate of drug-likeness (QED) is 0.799. The Morgan fingerprint density at radius 3 is 3.00 bits per heavy atom. The lowest BCUT2D eigenvalue weighted by Crippen LogP contribution is -2.40. The van der Waals surface area contributed by atoms with Crippen molar-refractivity contribution in [1.82, 2.24) is 4.90 Å². The zero-order chi connectivity index (χ0) is 12.3. The largest absolute Gasteiger partial charge is 0.379 e. The van der Waals surface area contributed by atoms with Crippen molar-refractivity contribution in [2.75, 3.05) is 19.1 Å². The topological polar surface area (TPSA) is 29.5 Å². The molecule has 0 aromatic carbocycles. The van der Waals surface area contributed by atoms with E-state index < -0.39 is 0 Å². The van der Waals surface area contributed by atoms with Gasteiger partial charge in [-0.1, -0.05) is 11.6 Å². The van der Waals surface area contributed by atoms with Crippen LogP contribution < -0.4 is 0 Å². The molecule has 1 aliphatic heterocycles. The molecule has 0 radical (unpaired) electrons. The minimum Gasteiger partial charge on any atom is -0.379 e. The zero-order valence-electron chi connectivity index (χ0n) is 9.20. The van der Waals surface area contributed by atoms with Gasteiger partial charge in [-0.05, 0) is 17.9 Å². The van der Waals surface area contributed by atoms with Crippen LogP contribution >= 0.6 is 34.5 Å². The molecule has 1 amide bonds. The number of alkyl halides is 1. The lowest BCUT2D eigenvalue weighted by atomic mass is 10.2. The lowest BCUT2D eigenvalue weighted by molar-refractivity contribution is -0.131. The van der Waals surface area contributed by atoms with E-state index in [0.29, 0.717) is 19.8 Å². The third kappa shape index (κ3) is 3.13. The summed E-state index contributed by atoms with van der Waals surface area (Å²) in [6.07, 6.45) is 0.865. The minimum atomic E-state index is -0.0653. The second-order valence-corrected chi connectivity index (χ2v) is 5.68. The van der Waals surface area contributed by atoms with E-state index in [1.54, 1.807) is 4.90 Å². The van der Waals surface area contributed by atoms with Crippen molar-refractivity contribution in [3.8, 4) is 0 Å². The minimum absolute atomic E-state index is 0.00173. The first kappa shape index (κ1) is 13.1. The normalized spacial score (nSPS) is 19.5. The van der Waals surface area contributed by atoms with Crippen LogP contribution in [0.5, 0.6) is 0 Å². The van der Waals surface area contributed by atoms with E-state index in [9.17, 15) is 4.79 Å². The highest BCUT2D eigenvalue weighted by atomic mass is 35.5. The molecule has 94 valence electrons. The average Bonchev–Trinajstić information content (AvgIpc) is 2.97. The highest BCUT2D eigenvalue weighted by Crippen LogP contribution is 2.26. The fourth-order valence-corrected chi connectivity index (χ4v) is 2.95. The molecule has 3 nitrogen and oxygen atoms in total. The SMILES string of the molecule is O=C(CCl)N(Cc1ccsc1Cl)[C@H]1CCOC1. The summed E-state index contributed by atoms with van der Waals surface area (Å²) < 4.78 is 6.05. The maximum atomic E-state index is 11.8. The van der Waals surface area contributed by atoms with E-state index in [-0.39, 0.29) is 17.8 Å². The van der Waals surface area contributed by atoms with Gasteiger partial charge in [0.05, 0.1) is 17.0 Å². The van der Waals surface area contributed by atoms with Crippen LogP contribution in [0.15, 0.2) is 11.4 Å². The molecule has 2 heterocycles. The number of thiophene rings is 1. The molecular weight excluding hydrogens is 281 g/mol. The highest BCUT2D eigenvalue weighted by Gasteiger charge is 2.27. The molecule has 1 aromatic heterocycles. The Hall–Kier alpha value is -0.290. The van der Waals surface area contributed by atoms with E-state index in [1.807, 2.05) is 11.4 Å². The van der Waals surface area contributed by atoms with Gasteiger partial charge in [0.2, 0.25) is 5.91 Å². The second kappa shape index (κ2) is 6.05. The number of amides is 1. The van der Waals surface area contributed by atoms with Gasteiger partial charge >= 0.3 is 0 Å². The molecule has 0 N–H and O–H groups in total. The number of carbonyl (C=O) groups is 1. The molecular formula is C11H13Cl2NO2S. The molecule has 0 saturated carbocycles. The van der Waals surface area contributed by atoms with Crippen LogP contribution in [0.2, 0.25) is 4.34 Å².